The number of amides is 2. The predicted molar refractivity (Wildman–Crippen MR) is 123 cm³/mol. The highest BCUT2D eigenvalue weighted by molar-refractivity contribution is 6.31. The second kappa shape index (κ2) is 9.60. The Morgan fingerprint density at radius 3 is 2.35 bits per heavy atom. The number of rotatable bonds is 6. The maximum Gasteiger partial charge on any atom is 0.251 e. The van der Waals surface area contributed by atoms with Crippen molar-refractivity contribution in [1.82, 2.24) is 15.5 Å². The number of hydrogen-bond donors (Lipinski definition) is 2. The summed E-state index contributed by atoms with van der Waals surface area (Å²) in [6.07, 6.45) is 4.19. The Morgan fingerprint density at radius 2 is 1.71 bits per heavy atom. The molecule has 2 aromatic rings. The molecule has 2 aromatic carbocycles. The zero-order valence-corrected chi connectivity index (χ0v) is 19.0. The number of piperidine rings is 1. The van der Waals surface area contributed by atoms with Gasteiger partial charge in [0.05, 0.1) is 0 Å². The summed E-state index contributed by atoms with van der Waals surface area (Å²) in [7, 11) is 0. The highest BCUT2D eigenvalue weighted by Crippen LogP contribution is 2.37. The molecular formula is C24H27Cl2N3O2. The lowest BCUT2D eigenvalue weighted by Gasteiger charge is -2.39. The second-order valence-electron chi connectivity index (χ2n) is 8.57. The quantitative estimate of drug-likeness (QED) is 0.671. The minimum atomic E-state index is -0.615. The van der Waals surface area contributed by atoms with E-state index in [1.165, 1.54) is 5.56 Å². The summed E-state index contributed by atoms with van der Waals surface area (Å²) in [5.74, 6) is -0.450. The molecule has 4 atom stereocenters. The number of hydrogen-bond acceptors (Lipinski definition) is 3. The van der Waals surface area contributed by atoms with Crippen LogP contribution in [0.2, 0.25) is 10.0 Å². The van der Waals surface area contributed by atoms with E-state index in [-0.39, 0.29) is 17.9 Å². The Kier molecular flexibility index (Phi) is 6.85. The first kappa shape index (κ1) is 22.1. The van der Waals surface area contributed by atoms with Gasteiger partial charge in [-0.1, -0.05) is 41.4 Å². The summed E-state index contributed by atoms with van der Waals surface area (Å²) in [5, 5.41) is 7.17. The van der Waals surface area contributed by atoms with E-state index < -0.39 is 6.04 Å². The van der Waals surface area contributed by atoms with E-state index in [1.54, 1.807) is 31.2 Å². The standard InChI is InChI=1S/C24H27Cl2N3O2/c1-15(27-24(31)17-3-2-4-19(26)11-17)23(30)28-20-12-21-9-10-22(13-20)29(21)14-16-5-7-18(25)8-6-16/h2-8,11,15,20-22H,9-10,12-14H2,1H3,(H,27,31)(H,28,30)/t15?,20?,21-,22?/m0/s1. The van der Waals surface area contributed by atoms with Gasteiger partial charge in [-0.2, -0.15) is 0 Å². The summed E-state index contributed by atoms with van der Waals surface area (Å²) >= 11 is 12.0. The molecule has 3 unspecified atom stereocenters. The van der Waals surface area contributed by atoms with E-state index in [0.717, 1.165) is 37.3 Å². The molecule has 0 aromatic heterocycles. The normalized spacial score (nSPS) is 23.9. The fourth-order valence-corrected chi connectivity index (χ4v) is 5.07. The minimum Gasteiger partial charge on any atom is -0.351 e. The van der Waals surface area contributed by atoms with Crippen LogP contribution in [-0.2, 0) is 11.3 Å². The van der Waals surface area contributed by atoms with Crippen LogP contribution in [0.3, 0.4) is 0 Å². The van der Waals surface area contributed by atoms with E-state index in [0.29, 0.717) is 22.7 Å². The first-order chi connectivity index (χ1) is 14.9. The summed E-state index contributed by atoms with van der Waals surface area (Å²) < 4.78 is 0. The van der Waals surface area contributed by atoms with Crippen LogP contribution in [0.4, 0.5) is 0 Å². The smallest absolute Gasteiger partial charge is 0.251 e. The van der Waals surface area contributed by atoms with Gasteiger partial charge in [-0.3, -0.25) is 14.5 Å². The van der Waals surface area contributed by atoms with Gasteiger partial charge in [-0.05, 0) is 68.5 Å². The molecule has 2 bridgehead atoms. The topological polar surface area (TPSA) is 61.4 Å². The molecule has 2 heterocycles. The van der Waals surface area contributed by atoms with Gasteiger partial charge in [0.1, 0.15) is 6.04 Å². The summed E-state index contributed by atoms with van der Waals surface area (Å²) in [5.41, 5.74) is 1.71. The average Bonchev–Trinajstić information content (AvgIpc) is 2.97. The third-order valence-corrected chi connectivity index (χ3v) is 6.82. The van der Waals surface area contributed by atoms with Crippen LogP contribution < -0.4 is 10.6 Å². The van der Waals surface area contributed by atoms with Crippen molar-refractivity contribution in [3.63, 3.8) is 0 Å². The molecule has 2 fully saturated rings. The van der Waals surface area contributed by atoms with Crippen molar-refractivity contribution in [3.8, 4) is 0 Å². The van der Waals surface area contributed by atoms with Crippen molar-refractivity contribution in [2.45, 2.75) is 63.3 Å². The van der Waals surface area contributed by atoms with Crippen LogP contribution in [-0.4, -0.2) is 40.9 Å². The number of carbonyl (C=O) groups is 2. The molecule has 2 amide bonds. The number of fused-ring (bicyclic) bond motifs is 2. The summed E-state index contributed by atoms with van der Waals surface area (Å²) in [4.78, 5) is 27.7. The first-order valence-electron chi connectivity index (χ1n) is 10.8. The van der Waals surface area contributed by atoms with Crippen LogP contribution in [0.15, 0.2) is 48.5 Å². The molecule has 0 radical (unpaired) electrons. The Bertz CT molecular complexity index is 936. The molecule has 31 heavy (non-hydrogen) atoms. The third kappa shape index (κ3) is 5.40. The van der Waals surface area contributed by atoms with E-state index in [4.69, 9.17) is 23.2 Å². The van der Waals surface area contributed by atoms with E-state index in [9.17, 15) is 9.59 Å². The zero-order valence-electron chi connectivity index (χ0n) is 17.5. The molecule has 2 aliphatic heterocycles. The van der Waals surface area contributed by atoms with Crippen molar-refractivity contribution in [2.24, 2.45) is 0 Å². The molecule has 4 rings (SSSR count). The van der Waals surface area contributed by atoms with Crippen molar-refractivity contribution < 1.29 is 9.59 Å². The molecule has 164 valence electrons. The van der Waals surface area contributed by atoms with Crippen molar-refractivity contribution >= 4 is 35.0 Å². The average molecular weight is 460 g/mol. The number of carbonyl (C=O) groups excluding carboxylic acids is 2. The number of nitrogens with one attached hydrogen (secondary N) is 2. The van der Waals surface area contributed by atoms with Gasteiger partial charge in [0, 0.05) is 40.3 Å². The van der Waals surface area contributed by atoms with Gasteiger partial charge >= 0.3 is 0 Å². The summed E-state index contributed by atoms with van der Waals surface area (Å²) in [6.45, 7) is 2.63. The maximum absolute atomic E-state index is 12.7. The molecule has 7 heteroatoms. The Morgan fingerprint density at radius 1 is 1.03 bits per heavy atom. The van der Waals surface area contributed by atoms with Crippen molar-refractivity contribution in [1.29, 1.82) is 0 Å². The van der Waals surface area contributed by atoms with Crippen LogP contribution in [0.1, 0.15) is 48.5 Å². The minimum absolute atomic E-state index is 0.136. The van der Waals surface area contributed by atoms with Crippen LogP contribution >= 0.6 is 23.2 Å². The predicted octanol–water partition coefficient (Wildman–Crippen LogP) is 4.42. The van der Waals surface area contributed by atoms with Crippen LogP contribution in [0.5, 0.6) is 0 Å². The first-order valence-corrected chi connectivity index (χ1v) is 11.5. The highest BCUT2D eigenvalue weighted by Gasteiger charge is 2.41. The van der Waals surface area contributed by atoms with Crippen LogP contribution in [0.25, 0.3) is 0 Å². The second-order valence-corrected chi connectivity index (χ2v) is 9.44. The van der Waals surface area contributed by atoms with Gasteiger partial charge in [0.2, 0.25) is 5.91 Å². The van der Waals surface area contributed by atoms with E-state index in [2.05, 4.69) is 27.7 Å². The molecule has 2 aliphatic rings. The zero-order chi connectivity index (χ0) is 22.0. The molecule has 5 nitrogen and oxygen atoms in total. The van der Waals surface area contributed by atoms with Crippen molar-refractivity contribution in [2.75, 3.05) is 0 Å². The van der Waals surface area contributed by atoms with Gasteiger partial charge < -0.3 is 10.6 Å². The van der Waals surface area contributed by atoms with Gasteiger partial charge in [-0.25, -0.2) is 0 Å². The molecule has 0 spiro atoms. The van der Waals surface area contributed by atoms with E-state index >= 15 is 0 Å². The Hall–Kier alpha value is -2.08. The fourth-order valence-electron chi connectivity index (χ4n) is 4.75. The lowest BCUT2D eigenvalue weighted by atomic mass is 9.96. The largest absolute Gasteiger partial charge is 0.351 e. The lowest BCUT2D eigenvalue weighted by Crippen LogP contribution is -2.53. The highest BCUT2D eigenvalue weighted by atomic mass is 35.5. The van der Waals surface area contributed by atoms with Crippen molar-refractivity contribution in [3.05, 3.63) is 69.7 Å². The lowest BCUT2D eigenvalue weighted by molar-refractivity contribution is -0.123. The molecule has 2 saturated heterocycles. The molecule has 0 saturated carbocycles. The number of nitrogens with zero attached hydrogens (tertiary/aromatic N) is 1. The van der Waals surface area contributed by atoms with Gasteiger partial charge in [0.25, 0.3) is 5.91 Å². The van der Waals surface area contributed by atoms with Gasteiger partial charge in [0.15, 0.2) is 0 Å². The van der Waals surface area contributed by atoms with Gasteiger partial charge in [-0.15, -0.1) is 0 Å². The Balaban J connectivity index is 1.30. The fraction of sp³-hybridized carbons (Fsp3) is 0.417. The van der Waals surface area contributed by atoms with E-state index in [1.807, 2.05) is 12.1 Å². The summed E-state index contributed by atoms with van der Waals surface area (Å²) in [6, 6.07) is 15.2. The SMILES string of the molecule is CC(NC(=O)c1cccc(Cl)c1)C(=O)NC1CC2CC[C@@H](C1)N2Cc1ccc(Cl)cc1. The third-order valence-electron chi connectivity index (χ3n) is 6.34. The molecule has 2 N–H and O–H groups in total. The Labute approximate surface area is 193 Å². The number of halogens is 2. The maximum atomic E-state index is 12.7. The molecule has 0 aliphatic carbocycles. The molecular weight excluding hydrogens is 433 g/mol. The van der Waals surface area contributed by atoms with Crippen LogP contribution in [0, 0.1) is 0 Å². The monoisotopic (exact) mass is 459 g/mol. The number of benzene rings is 2.